The summed E-state index contributed by atoms with van der Waals surface area (Å²) in [5.41, 5.74) is 5.39. The molecule has 3 heteroatoms. The number of hydrogen-bond acceptors (Lipinski definition) is 3. The van der Waals surface area contributed by atoms with E-state index in [-0.39, 0.29) is 0 Å². The van der Waals surface area contributed by atoms with Crippen molar-refractivity contribution in [2.75, 3.05) is 0 Å². The first-order valence-corrected chi connectivity index (χ1v) is 4.06. The number of amidine groups is 1. The van der Waals surface area contributed by atoms with Crippen molar-refractivity contribution in [3.8, 4) is 0 Å². The largest absolute Gasteiger partial charge is 0.382 e. The molecule has 3 nitrogen and oxygen atoms in total. The van der Waals surface area contributed by atoms with Gasteiger partial charge in [0.2, 0.25) is 0 Å². The monoisotopic (exact) mass is 165 g/mol. The van der Waals surface area contributed by atoms with E-state index in [0.29, 0.717) is 5.84 Å². The molecule has 0 aromatic carbocycles. The zero-order valence-electron chi connectivity index (χ0n) is 7.57. The zero-order valence-corrected chi connectivity index (χ0v) is 7.57. The molecular formula is C9H15N3. The number of rotatable bonds is 0. The highest BCUT2D eigenvalue weighted by molar-refractivity contribution is 6.28. The van der Waals surface area contributed by atoms with Gasteiger partial charge in [-0.05, 0) is 6.42 Å². The number of allylic oxidation sites excluding steroid dienone is 2. The van der Waals surface area contributed by atoms with Gasteiger partial charge < -0.3 is 5.73 Å². The van der Waals surface area contributed by atoms with Crippen LogP contribution in [-0.2, 0) is 0 Å². The summed E-state index contributed by atoms with van der Waals surface area (Å²) in [4.78, 5) is 7.74. The maximum absolute atomic E-state index is 5.39. The van der Waals surface area contributed by atoms with E-state index < -0.39 is 0 Å². The second-order valence-electron chi connectivity index (χ2n) is 1.84. The predicted octanol–water partition coefficient (Wildman–Crippen LogP) is 1.87. The molecule has 0 aromatic heterocycles. The molecule has 66 valence electrons. The molecular weight excluding hydrogens is 150 g/mol. The van der Waals surface area contributed by atoms with E-state index in [4.69, 9.17) is 5.73 Å². The summed E-state index contributed by atoms with van der Waals surface area (Å²) in [5, 5.41) is 0. The molecule has 1 aliphatic rings. The molecule has 2 N–H and O–H groups in total. The standard InChI is InChI=1S/C7H9N3.C2H6/c8-7-6-9-4-2-1-3-5-10-7;1-2/h2-6H,1H2,(H2,8,10);1-2H3/b4-2-,5-3-,9-6?;. The van der Waals surface area contributed by atoms with Gasteiger partial charge in [-0.1, -0.05) is 26.0 Å². The lowest BCUT2D eigenvalue weighted by Crippen LogP contribution is -2.11. The lowest BCUT2D eigenvalue weighted by atomic mass is 10.4. The van der Waals surface area contributed by atoms with Crippen molar-refractivity contribution in [2.24, 2.45) is 15.7 Å². The molecule has 0 saturated heterocycles. The fraction of sp³-hybridized carbons (Fsp3) is 0.333. The van der Waals surface area contributed by atoms with Gasteiger partial charge in [0.25, 0.3) is 0 Å². The fourth-order valence-electron chi connectivity index (χ4n) is 0.553. The van der Waals surface area contributed by atoms with Gasteiger partial charge in [-0.3, -0.25) is 4.99 Å². The van der Waals surface area contributed by atoms with Crippen LogP contribution in [0, 0.1) is 0 Å². The molecule has 1 rings (SSSR count). The maximum Gasteiger partial charge on any atom is 0.141 e. The lowest BCUT2D eigenvalue weighted by molar-refractivity contribution is 1.34. The second kappa shape index (κ2) is 7.72. The summed E-state index contributed by atoms with van der Waals surface area (Å²) < 4.78 is 0. The van der Waals surface area contributed by atoms with Gasteiger partial charge in [0.05, 0.1) is 6.21 Å². The van der Waals surface area contributed by atoms with E-state index in [1.165, 1.54) is 6.21 Å². The van der Waals surface area contributed by atoms with Crippen molar-refractivity contribution in [2.45, 2.75) is 20.3 Å². The van der Waals surface area contributed by atoms with Crippen LogP contribution in [0.1, 0.15) is 20.3 Å². The summed E-state index contributed by atoms with van der Waals surface area (Å²) in [7, 11) is 0. The Morgan fingerprint density at radius 3 is 2.67 bits per heavy atom. The van der Waals surface area contributed by atoms with Gasteiger partial charge in [0.1, 0.15) is 5.84 Å². The van der Waals surface area contributed by atoms with Crippen LogP contribution in [0.2, 0.25) is 0 Å². The van der Waals surface area contributed by atoms with E-state index in [0.717, 1.165) is 6.42 Å². The van der Waals surface area contributed by atoms with Crippen molar-refractivity contribution in [3.63, 3.8) is 0 Å². The third kappa shape index (κ3) is 5.41. The third-order valence-corrected chi connectivity index (χ3v) is 0.999. The zero-order chi connectivity index (χ0) is 9.23. The van der Waals surface area contributed by atoms with E-state index in [2.05, 4.69) is 9.98 Å². The Morgan fingerprint density at radius 2 is 1.92 bits per heavy atom. The normalized spacial score (nSPS) is 20.3. The van der Waals surface area contributed by atoms with E-state index >= 15 is 0 Å². The van der Waals surface area contributed by atoms with Crippen molar-refractivity contribution < 1.29 is 0 Å². The summed E-state index contributed by atoms with van der Waals surface area (Å²) in [6.45, 7) is 4.00. The Bertz CT molecular complexity index is 212. The average Bonchev–Trinajstić information content (AvgIpc) is 2.22. The van der Waals surface area contributed by atoms with Gasteiger partial charge in [-0.2, -0.15) is 0 Å². The highest BCUT2D eigenvalue weighted by Gasteiger charge is 1.81. The highest BCUT2D eigenvalue weighted by Crippen LogP contribution is 1.88. The Hall–Kier alpha value is -1.38. The van der Waals surface area contributed by atoms with Crippen LogP contribution in [0.3, 0.4) is 0 Å². The first-order valence-electron chi connectivity index (χ1n) is 4.06. The number of aliphatic imine (C=N–C) groups is 2. The van der Waals surface area contributed by atoms with Crippen molar-refractivity contribution in [3.05, 3.63) is 24.6 Å². The number of nitrogens with two attached hydrogens (primary N) is 1. The Kier molecular flexibility index (Phi) is 6.84. The van der Waals surface area contributed by atoms with Gasteiger partial charge in [0.15, 0.2) is 0 Å². The molecule has 0 amide bonds. The summed E-state index contributed by atoms with van der Waals surface area (Å²) in [6.07, 6.45) is 9.61. The van der Waals surface area contributed by atoms with Crippen molar-refractivity contribution in [1.82, 2.24) is 0 Å². The maximum atomic E-state index is 5.39. The van der Waals surface area contributed by atoms with Gasteiger partial charge in [0, 0.05) is 12.4 Å². The number of hydrogen-bond donors (Lipinski definition) is 1. The van der Waals surface area contributed by atoms with Crippen LogP contribution in [-0.4, -0.2) is 12.1 Å². The minimum atomic E-state index is 0.433. The molecule has 0 bridgehead atoms. The molecule has 0 unspecified atom stereocenters. The lowest BCUT2D eigenvalue weighted by Gasteiger charge is -1.82. The number of nitrogens with zero attached hydrogens (tertiary/aromatic N) is 2. The van der Waals surface area contributed by atoms with E-state index in [1.807, 2.05) is 26.0 Å². The first kappa shape index (κ1) is 10.6. The average molecular weight is 165 g/mol. The Balaban J connectivity index is 0.000000561. The molecule has 0 atom stereocenters. The molecule has 1 aliphatic heterocycles. The molecule has 0 fully saturated rings. The molecule has 1 heterocycles. The SMILES string of the molecule is CC.NC1=N/C=C\C/C=C\N=C1. The van der Waals surface area contributed by atoms with Gasteiger partial charge in [-0.25, -0.2) is 4.99 Å². The summed E-state index contributed by atoms with van der Waals surface area (Å²) in [6, 6.07) is 0. The van der Waals surface area contributed by atoms with Crippen LogP contribution >= 0.6 is 0 Å². The molecule has 0 saturated carbocycles. The fourth-order valence-corrected chi connectivity index (χ4v) is 0.553. The van der Waals surface area contributed by atoms with E-state index in [1.54, 1.807) is 12.4 Å². The third-order valence-electron chi connectivity index (χ3n) is 0.999. The smallest absolute Gasteiger partial charge is 0.141 e. The van der Waals surface area contributed by atoms with Crippen molar-refractivity contribution in [1.29, 1.82) is 0 Å². The molecule has 0 radical (unpaired) electrons. The van der Waals surface area contributed by atoms with E-state index in [9.17, 15) is 0 Å². The van der Waals surface area contributed by atoms with Crippen LogP contribution in [0.5, 0.6) is 0 Å². The van der Waals surface area contributed by atoms with Gasteiger partial charge >= 0.3 is 0 Å². The first-order chi connectivity index (χ1) is 5.89. The molecule has 12 heavy (non-hydrogen) atoms. The van der Waals surface area contributed by atoms with Gasteiger partial charge in [-0.15, -0.1) is 0 Å². The van der Waals surface area contributed by atoms with Crippen LogP contribution in [0.4, 0.5) is 0 Å². The second-order valence-corrected chi connectivity index (χ2v) is 1.84. The topological polar surface area (TPSA) is 50.7 Å². The van der Waals surface area contributed by atoms with Crippen LogP contribution in [0.25, 0.3) is 0 Å². The van der Waals surface area contributed by atoms with Crippen LogP contribution in [0.15, 0.2) is 34.5 Å². The minimum absolute atomic E-state index is 0.433. The summed E-state index contributed by atoms with van der Waals surface area (Å²) in [5.74, 6) is 0.433. The predicted molar refractivity (Wildman–Crippen MR) is 54.4 cm³/mol. The van der Waals surface area contributed by atoms with Crippen molar-refractivity contribution >= 4 is 12.1 Å². The Morgan fingerprint density at radius 1 is 1.25 bits per heavy atom. The molecule has 0 spiro atoms. The Labute approximate surface area is 73.4 Å². The summed E-state index contributed by atoms with van der Waals surface area (Å²) >= 11 is 0. The molecule has 0 aliphatic carbocycles. The minimum Gasteiger partial charge on any atom is -0.382 e. The highest BCUT2D eigenvalue weighted by atomic mass is 14.9. The van der Waals surface area contributed by atoms with Crippen LogP contribution < -0.4 is 5.73 Å². The molecule has 0 aromatic rings. The quantitative estimate of drug-likeness (QED) is 0.585.